The Morgan fingerprint density at radius 2 is 1.79 bits per heavy atom. The van der Waals surface area contributed by atoms with Gasteiger partial charge in [0, 0.05) is 25.7 Å². The zero-order chi connectivity index (χ0) is 10.3. The van der Waals surface area contributed by atoms with Crippen molar-refractivity contribution in [3.63, 3.8) is 0 Å². The summed E-state index contributed by atoms with van der Waals surface area (Å²) in [6.07, 6.45) is 0. The topological polar surface area (TPSA) is 12.9 Å². The molecule has 0 saturated heterocycles. The summed E-state index contributed by atoms with van der Waals surface area (Å²) in [5.41, 5.74) is 3.57. The van der Waals surface area contributed by atoms with Gasteiger partial charge in [0.1, 0.15) is 0 Å². The van der Waals surface area contributed by atoms with Crippen molar-refractivity contribution in [3.8, 4) is 0 Å². The van der Waals surface area contributed by atoms with E-state index in [4.69, 9.17) is 0 Å². The fourth-order valence-electron chi connectivity index (χ4n) is 1.78. The van der Waals surface area contributed by atoms with Gasteiger partial charge in [-0.25, -0.2) is 0 Å². The molecule has 0 radical (unpaired) electrons. The zero-order valence-corrected chi connectivity index (χ0v) is 10.7. The normalized spacial score (nSPS) is 10.9. The molecule has 0 aliphatic carbocycles. The molecule has 0 atom stereocenters. The van der Waals surface area contributed by atoms with Crippen molar-refractivity contribution in [2.45, 2.75) is 20.8 Å². The van der Waals surface area contributed by atoms with E-state index in [1.165, 1.54) is 19.9 Å². The first-order valence-corrected chi connectivity index (χ1v) is 5.71. The lowest BCUT2D eigenvalue weighted by Gasteiger charge is -2.09. The molecule has 0 amide bonds. The Labute approximate surface area is 97.7 Å². The molecule has 0 fully saturated rings. The minimum absolute atomic E-state index is 1.13. The number of hydrogen-bond acceptors (Lipinski definition) is 1. The van der Waals surface area contributed by atoms with Gasteiger partial charge in [-0.15, -0.1) is 0 Å². The first kappa shape index (κ1) is 9.90. The fraction of sp³-hybridized carbons (Fsp3) is 0.250. The van der Waals surface area contributed by atoms with Crippen molar-refractivity contribution in [2.24, 2.45) is 0 Å². The van der Waals surface area contributed by atoms with E-state index < -0.39 is 0 Å². The Bertz CT molecular complexity index is 503. The van der Waals surface area contributed by atoms with Gasteiger partial charge in [0.05, 0.1) is 0 Å². The molecule has 72 valence electrons. The quantitative estimate of drug-likeness (QED) is 0.675. The smallest absolute Gasteiger partial charge is 0.0454 e. The summed E-state index contributed by atoms with van der Waals surface area (Å²) in [7, 11) is 0. The van der Waals surface area contributed by atoms with Crippen molar-refractivity contribution < 1.29 is 0 Å². The van der Waals surface area contributed by atoms with Gasteiger partial charge < -0.3 is 0 Å². The predicted octanol–water partition coefficient (Wildman–Crippen LogP) is 3.76. The van der Waals surface area contributed by atoms with Gasteiger partial charge in [0.25, 0.3) is 0 Å². The molecule has 2 aromatic rings. The lowest BCUT2D eigenvalue weighted by molar-refractivity contribution is 1.12. The van der Waals surface area contributed by atoms with Gasteiger partial charge in [-0.05, 0) is 55.0 Å². The molecular formula is C12H12IN. The maximum Gasteiger partial charge on any atom is 0.0454 e. The maximum atomic E-state index is 4.54. The minimum Gasteiger partial charge on any atom is -0.258 e. The fourth-order valence-corrected chi connectivity index (χ4v) is 2.69. The molecule has 1 aromatic heterocycles. The number of aryl methyl sites for hydroxylation is 3. The SMILES string of the molecule is Cc1nc(C)c2cccc(I)c2c1C. The molecule has 0 saturated carbocycles. The van der Waals surface area contributed by atoms with Gasteiger partial charge in [-0.2, -0.15) is 0 Å². The summed E-state index contributed by atoms with van der Waals surface area (Å²) in [4.78, 5) is 4.54. The Morgan fingerprint density at radius 3 is 2.50 bits per heavy atom. The summed E-state index contributed by atoms with van der Waals surface area (Å²) >= 11 is 2.39. The van der Waals surface area contributed by atoms with Gasteiger partial charge in [0.2, 0.25) is 0 Å². The summed E-state index contributed by atoms with van der Waals surface area (Å²) in [5.74, 6) is 0. The monoisotopic (exact) mass is 297 g/mol. The zero-order valence-electron chi connectivity index (χ0n) is 8.56. The molecule has 0 spiro atoms. The molecule has 2 rings (SSSR count). The van der Waals surface area contributed by atoms with Crippen LogP contribution in [-0.4, -0.2) is 4.98 Å². The highest BCUT2D eigenvalue weighted by Crippen LogP contribution is 2.27. The average molecular weight is 297 g/mol. The number of hydrogen-bond donors (Lipinski definition) is 0. The van der Waals surface area contributed by atoms with Crippen molar-refractivity contribution in [1.82, 2.24) is 4.98 Å². The van der Waals surface area contributed by atoms with Crippen LogP contribution in [0, 0.1) is 24.3 Å². The third-order valence-electron chi connectivity index (χ3n) is 2.66. The third-order valence-corrected chi connectivity index (χ3v) is 3.56. The predicted molar refractivity (Wildman–Crippen MR) is 68.7 cm³/mol. The average Bonchev–Trinajstić information content (AvgIpc) is 2.14. The van der Waals surface area contributed by atoms with Crippen LogP contribution in [0.3, 0.4) is 0 Å². The molecule has 0 unspecified atom stereocenters. The molecule has 1 nitrogen and oxygen atoms in total. The van der Waals surface area contributed by atoms with E-state index in [1.807, 2.05) is 0 Å². The molecule has 0 N–H and O–H groups in total. The summed E-state index contributed by atoms with van der Waals surface area (Å²) in [5, 5.41) is 2.64. The molecule has 14 heavy (non-hydrogen) atoms. The standard InChI is InChI=1S/C12H12IN/c1-7-8(2)14-9(3)10-5-4-6-11(13)12(7)10/h4-6H,1-3H3. The van der Waals surface area contributed by atoms with E-state index in [0.29, 0.717) is 0 Å². The van der Waals surface area contributed by atoms with Crippen LogP contribution in [0.1, 0.15) is 17.0 Å². The van der Waals surface area contributed by atoms with Crippen LogP contribution in [0.4, 0.5) is 0 Å². The highest BCUT2D eigenvalue weighted by Gasteiger charge is 2.07. The second-order valence-corrected chi connectivity index (χ2v) is 4.73. The van der Waals surface area contributed by atoms with Crippen molar-refractivity contribution in [3.05, 3.63) is 38.7 Å². The second kappa shape index (κ2) is 3.50. The Balaban J connectivity index is 3.03. The van der Waals surface area contributed by atoms with Gasteiger partial charge in [-0.3, -0.25) is 4.98 Å². The molecule has 1 heterocycles. The summed E-state index contributed by atoms with van der Waals surface area (Å²) in [6, 6.07) is 6.38. The Hall–Kier alpha value is -0.640. The molecular weight excluding hydrogens is 285 g/mol. The van der Waals surface area contributed by atoms with E-state index >= 15 is 0 Å². The number of rotatable bonds is 0. The first-order chi connectivity index (χ1) is 6.61. The van der Waals surface area contributed by atoms with Crippen LogP contribution in [0.2, 0.25) is 0 Å². The molecule has 2 heteroatoms. The number of fused-ring (bicyclic) bond motifs is 1. The van der Waals surface area contributed by atoms with Crippen LogP contribution >= 0.6 is 22.6 Å². The minimum atomic E-state index is 1.13. The summed E-state index contributed by atoms with van der Waals surface area (Å²) in [6.45, 7) is 6.29. The van der Waals surface area contributed by atoms with Crippen LogP contribution in [0.5, 0.6) is 0 Å². The van der Waals surface area contributed by atoms with Crippen LogP contribution in [0.25, 0.3) is 10.8 Å². The number of benzene rings is 1. The number of halogens is 1. The molecule has 0 bridgehead atoms. The van der Waals surface area contributed by atoms with E-state index in [9.17, 15) is 0 Å². The van der Waals surface area contributed by atoms with Crippen LogP contribution in [0.15, 0.2) is 18.2 Å². The van der Waals surface area contributed by atoms with Crippen LogP contribution < -0.4 is 0 Å². The highest BCUT2D eigenvalue weighted by molar-refractivity contribution is 14.1. The Morgan fingerprint density at radius 1 is 1.07 bits per heavy atom. The molecule has 1 aromatic carbocycles. The van der Waals surface area contributed by atoms with Crippen molar-refractivity contribution >= 4 is 33.4 Å². The highest BCUT2D eigenvalue weighted by atomic mass is 127. The third kappa shape index (κ3) is 1.41. The number of pyridine rings is 1. The molecule has 0 aliphatic rings. The number of nitrogens with zero attached hydrogens (tertiary/aromatic N) is 1. The van der Waals surface area contributed by atoms with Crippen LogP contribution in [-0.2, 0) is 0 Å². The van der Waals surface area contributed by atoms with Gasteiger partial charge in [-0.1, -0.05) is 12.1 Å². The second-order valence-electron chi connectivity index (χ2n) is 3.57. The van der Waals surface area contributed by atoms with Crippen molar-refractivity contribution in [1.29, 1.82) is 0 Å². The van der Waals surface area contributed by atoms with E-state index in [1.54, 1.807) is 0 Å². The lowest BCUT2D eigenvalue weighted by Crippen LogP contribution is -1.94. The lowest BCUT2D eigenvalue weighted by atomic mass is 10.0. The van der Waals surface area contributed by atoms with Gasteiger partial charge >= 0.3 is 0 Å². The largest absolute Gasteiger partial charge is 0.258 e. The van der Waals surface area contributed by atoms with E-state index in [0.717, 1.165) is 11.4 Å². The van der Waals surface area contributed by atoms with Crippen molar-refractivity contribution in [2.75, 3.05) is 0 Å². The molecule has 0 aliphatic heterocycles. The van der Waals surface area contributed by atoms with E-state index in [2.05, 4.69) is 66.5 Å². The number of aromatic nitrogens is 1. The first-order valence-electron chi connectivity index (χ1n) is 4.63. The van der Waals surface area contributed by atoms with E-state index in [-0.39, 0.29) is 0 Å². The summed E-state index contributed by atoms with van der Waals surface area (Å²) < 4.78 is 1.31. The Kier molecular flexibility index (Phi) is 2.47. The maximum absolute atomic E-state index is 4.54. The van der Waals surface area contributed by atoms with Gasteiger partial charge in [0.15, 0.2) is 0 Å².